The molecule has 1 saturated heterocycles. The van der Waals surface area contributed by atoms with Gasteiger partial charge in [-0.2, -0.15) is 0 Å². The molecule has 2 aliphatic heterocycles. The molecule has 0 amide bonds. The fourth-order valence-electron chi connectivity index (χ4n) is 4.08. The zero-order valence-corrected chi connectivity index (χ0v) is 14.8. The van der Waals surface area contributed by atoms with Crippen molar-refractivity contribution in [2.24, 2.45) is 0 Å². The molecule has 3 aromatic rings. The third kappa shape index (κ3) is 2.78. The number of anilines is 1. The molecule has 0 radical (unpaired) electrons. The minimum Gasteiger partial charge on any atom is -0.362 e. The van der Waals surface area contributed by atoms with Gasteiger partial charge in [-0.3, -0.25) is 0 Å². The summed E-state index contributed by atoms with van der Waals surface area (Å²) < 4.78 is 2.25. The molecule has 26 heavy (non-hydrogen) atoms. The van der Waals surface area contributed by atoms with Gasteiger partial charge in [-0.15, -0.1) is 10.2 Å². The van der Waals surface area contributed by atoms with Crippen LogP contribution in [0.15, 0.2) is 54.6 Å². The standard InChI is InChI=1S/C21H23N5/c1-2-4-17(5-3-1)21-24-23-20-15-25(12-13-26(20)21)19-8-6-16(7-9-19)18-10-11-22-14-18/h1-9,18,22H,10-15H2. The molecule has 0 spiro atoms. The summed E-state index contributed by atoms with van der Waals surface area (Å²) in [6.07, 6.45) is 1.24. The average molecular weight is 345 g/mol. The molecule has 0 bridgehead atoms. The number of fused-ring (bicyclic) bond motifs is 1. The fourth-order valence-corrected chi connectivity index (χ4v) is 4.08. The number of aromatic nitrogens is 3. The van der Waals surface area contributed by atoms with Gasteiger partial charge >= 0.3 is 0 Å². The first kappa shape index (κ1) is 15.6. The van der Waals surface area contributed by atoms with Crippen LogP contribution in [0.2, 0.25) is 0 Å². The van der Waals surface area contributed by atoms with E-state index in [1.807, 2.05) is 18.2 Å². The van der Waals surface area contributed by atoms with Crippen LogP contribution in [-0.4, -0.2) is 34.4 Å². The van der Waals surface area contributed by atoms with Gasteiger partial charge in [0, 0.05) is 30.9 Å². The highest BCUT2D eigenvalue weighted by atomic mass is 15.3. The highest BCUT2D eigenvalue weighted by Crippen LogP contribution is 2.28. The smallest absolute Gasteiger partial charge is 0.164 e. The summed E-state index contributed by atoms with van der Waals surface area (Å²) in [6.45, 7) is 4.95. The van der Waals surface area contributed by atoms with Crippen molar-refractivity contribution in [1.29, 1.82) is 0 Å². The number of hydrogen-bond donors (Lipinski definition) is 1. The first-order chi connectivity index (χ1) is 12.9. The summed E-state index contributed by atoms with van der Waals surface area (Å²) in [5.74, 6) is 2.69. The molecule has 0 aliphatic carbocycles. The minimum absolute atomic E-state index is 0.668. The van der Waals surface area contributed by atoms with Crippen LogP contribution in [0.4, 0.5) is 5.69 Å². The van der Waals surface area contributed by atoms with Gasteiger partial charge in [0.2, 0.25) is 0 Å². The van der Waals surface area contributed by atoms with Gasteiger partial charge in [0.25, 0.3) is 0 Å². The van der Waals surface area contributed by atoms with E-state index in [0.29, 0.717) is 5.92 Å². The number of nitrogens with zero attached hydrogens (tertiary/aromatic N) is 4. The summed E-state index contributed by atoms with van der Waals surface area (Å²) in [6, 6.07) is 19.4. The molecule has 5 nitrogen and oxygen atoms in total. The maximum Gasteiger partial charge on any atom is 0.164 e. The van der Waals surface area contributed by atoms with Crippen molar-refractivity contribution in [1.82, 2.24) is 20.1 Å². The summed E-state index contributed by atoms with van der Waals surface area (Å²) in [4.78, 5) is 2.40. The average Bonchev–Trinajstić information content (AvgIpc) is 3.38. The first-order valence-electron chi connectivity index (χ1n) is 9.41. The molecule has 5 rings (SSSR count). The van der Waals surface area contributed by atoms with Crippen molar-refractivity contribution in [3.05, 3.63) is 66.0 Å². The van der Waals surface area contributed by atoms with Crippen LogP contribution in [0.25, 0.3) is 11.4 Å². The van der Waals surface area contributed by atoms with Crippen molar-refractivity contribution < 1.29 is 0 Å². The van der Waals surface area contributed by atoms with E-state index in [0.717, 1.165) is 49.9 Å². The normalized spacial score (nSPS) is 19.5. The van der Waals surface area contributed by atoms with Crippen LogP contribution < -0.4 is 10.2 Å². The van der Waals surface area contributed by atoms with Crippen molar-refractivity contribution >= 4 is 5.69 Å². The topological polar surface area (TPSA) is 46.0 Å². The summed E-state index contributed by atoms with van der Waals surface area (Å²) in [5, 5.41) is 12.3. The Morgan fingerprint density at radius 1 is 0.923 bits per heavy atom. The summed E-state index contributed by atoms with van der Waals surface area (Å²) >= 11 is 0. The zero-order chi connectivity index (χ0) is 17.3. The first-order valence-corrected chi connectivity index (χ1v) is 9.41. The quantitative estimate of drug-likeness (QED) is 0.793. The van der Waals surface area contributed by atoms with Gasteiger partial charge in [-0.05, 0) is 36.6 Å². The van der Waals surface area contributed by atoms with Gasteiger partial charge < -0.3 is 14.8 Å². The van der Waals surface area contributed by atoms with Crippen LogP contribution >= 0.6 is 0 Å². The molecule has 1 N–H and O–H groups in total. The van der Waals surface area contributed by atoms with Crippen molar-refractivity contribution in [3.63, 3.8) is 0 Å². The Kier molecular flexibility index (Phi) is 3.94. The lowest BCUT2D eigenvalue weighted by molar-refractivity contribution is 0.563. The van der Waals surface area contributed by atoms with Crippen molar-refractivity contribution in [3.8, 4) is 11.4 Å². The maximum absolute atomic E-state index is 4.45. The van der Waals surface area contributed by atoms with E-state index in [9.17, 15) is 0 Å². The van der Waals surface area contributed by atoms with Crippen molar-refractivity contribution in [2.75, 3.05) is 24.5 Å². The van der Waals surface area contributed by atoms with Gasteiger partial charge in [0.1, 0.15) is 0 Å². The Hall–Kier alpha value is -2.66. The zero-order valence-electron chi connectivity index (χ0n) is 14.8. The molecule has 1 aromatic heterocycles. The molecule has 0 saturated carbocycles. The fraction of sp³-hybridized carbons (Fsp3) is 0.333. The number of benzene rings is 2. The second-order valence-corrected chi connectivity index (χ2v) is 7.16. The molecule has 1 atom stereocenters. The van der Waals surface area contributed by atoms with Crippen LogP contribution in [0, 0.1) is 0 Å². The number of nitrogens with one attached hydrogen (secondary N) is 1. The monoisotopic (exact) mass is 345 g/mol. The number of rotatable bonds is 3. The largest absolute Gasteiger partial charge is 0.362 e. The van der Waals surface area contributed by atoms with Crippen LogP contribution in [0.3, 0.4) is 0 Å². The number of hydrogen-bond acceptors (Lipinski definition) is 4. The Morgan fingerprint density at radius 2 is 1.77 bits per heavy atom. The summed E-state index contributed by atoms with van der Waals surface area (Å²) in [7, 11) is 0. The van der Waals surface area contributed by atoms with E-state index >= 15 is 0 Å². The molecule has 132 valence electrons. The van der Waals surface area contributed by atoms with Gasteiger partial charge in [0.05, 0.1) is 6.54 Å². The van der Waals surface area contributed by atoms with E-state index in [-0.39, 0.29) is 0 Å². The minimum atomic E-state index is 0.668. The molecular weight excluding hydrogens is 322 g/mol. The van der Waals surface area contributed by atoms with Crippen LogP contribution in [0.1, 0.15) is 23.7 Å². The third-order valence-electron chi connectivity index (χ3n) is 5.58. The lowest BCUT2D eigenvalue weighted by Gasteiger charge is -2.30. The lowest BCUT2D eigenvalue weighted by Crippen LogP contribution is -2.34. The molecule has 3 heterocycles. The SMILES string of the molecule is c1ccc(-c2nnc3n2CCN(c2ccc(C4CCNC4)cc2)C3)cc1. The molecule has 1 fully saturated rings. The highest BCUT2D eigenvalue weighted by Gasteiger charge is 2.22. The van der Waals surface area contributed by atoms with E-state index in [2.05, 4.69) is 61.4 Å². The summed E-state index contributed by atoms with van der Waals surface area (Å²) in [5.41, 5.74) is 3.86. The predicted octanol–water partition coefficient (Wildman–Crippen LogP) is 3.04. The van der Waals surface area contributed by atoms with E-state index in [4.69, 9.17) is 0 Å². The highest BCUT2D eigenvalue weighted by molar-refractivity contribution is 5.56. The molecular formula is C21H23N5. The van der Waals surface area contributed by atoms with Gasteiger partial charge in [-0.25, -0.2) is 0 Å². The Bertz CT molecular complexity index is 879. The lowest BCUT2D eigenvalue weighted by atomic mass is 9.98. The Morgan fingerprint density at radius 3 is 2.54 bits per heavy atom. The van der Waals surface area contributed by atoms with E-state index < -0.39 is 0 Å². The van der Waals surface area contributed by atoms with Gasteiger partial charge in [-0.1, -0.05) is 42.5 Å². The van der Waals surface area contributed by atoms with Crippen LogP contribution in [0.5, 0.6) is 0 Å². The van der Waals surface area contributed by atoms with Gasteiger partial charge in [0.15, 0.2) is 11.6 Å². The second kappa shape index (κ2) is 6.57. The molecule has 2 aliphatic rings. The van der Waals surface area contributed by atoms with E-state index in [1.165, 1.54) is 17.7 Å². The maximum atomic E-state index is 4.45. The second-order valence-electron chi connectivity index (χ2n) is 7.16. The molecule has 2 aromatic carbocycles. The Labute approximate surface area is 153 Å². The van der Waals surface area contributed by atoms with E-state index in [1.54, 1.807) is 0 Å². The molecule has 5 heteroatoms. The third-order valence-corrected chi connectivity index (χ3v) is 5.58. The molecule has 1 unspecified atom stereocenters. The predicted molar refractivity (Wildman–Crippen MR) is 103 cm³/mol. The van der Waals surface area contributed by atoms with Crippen LogP contribution in [-0.2, 0) is 13.1 Å². The van der Waals surface area contributed by atoms with Crippen molar-refractivity contribution in [2.45, 2.75) is 25.4 Å². The Balaban J connectivity index is 1.35.